The maximum atomic E-state index is 11.1. The third-order valence-electron chi connectivity index (χ3n) is 3.08. The molecule has 0 aliphatic rings. The van der Waals surface area contributed by atoms with Crippen LogP contribution in [0.25, 0.3) is 0 Å². The Bertz CT molecular complexity index is 597. The number of rotatable bonds is 7. The van der Waals surface area contributed by atoms with Crippen LogP contribution in [0.3, 0.4) is 0 Å². The Morgan fingerprint density at radius 1 is 1.08 bits per heavy atom. The summed E-state index contributed by atoms with van der Waals surface area (Å²) in [5.74, 6) is 0.727. The molecule has 0 saturated carbocycles. The molecule has 2 aromatic rings. The summed E-state index contributed by atoms with van der Waals surface area (Å²) in [4.78, 5) is 21.3. The van der Waals surface area contributed by atoms with Crippen LogP contribution >= 0.6 is 0 Å². The number of amides is 1. The van der Waals surface area contributed by atoms with Crippen molar-refractivity contribution in [1.29, 1.82) is 0 Å². The summed E-state index contributed by atoms with van der Waals surface area (Å²) in [6, 6.07) is 17.0. The molecular weight excluding hydrogens is 306 g/mol. The number of esters is 1. The number of ether oxygens (including phenoxy) is 2. The standard InChI is InChI=1S/C12H15NO3.C7H8O/c1-2-16-12(15)8-5-10-3-6-11(7-4-10)13-9-14;1-8-7-5-3-2-4-6-7/h3-4,6-7,9H,2,5,8H2,1H3,(H,13,14);2-6H,1H3. The molecule has 2 aromatic carbocycles. The highest BCUT2D eigenvalue weighted by Gasteiger charge is 2.02. The van der Waals surface area contributed by atoms with Gasteiger partial charge in [-0.1, -0.05) is 30.3 Å². The number of benzene rings is 2. The average Bonchev–Trinajstić information content (AvgIpc) is 2.63. The number of carbonyl (C=O) groups excluding carboxylic acids is 2. The molecule has 1 N–H and O–H groups in total. The average molecular weight is 329 g/mol. The van der Waals surface area contributed by atoms with E-state index >= 15 is 0 Å². The highest BCUT2D eigenvalue weighted by atomic mass is 16.5. The summed E-state index contributed by atoms with van der Waals surface area (Å²) < 4.78 is 9.74. The maximum Gasteiger partial charge on any atom is 0.306 e. The van der Waals surface area contributed by atoms with Gasteiger partial charge in [0.1, 0.15) is 5.75 Å². The molecule has 0 fully saturated rings. The molecule has 0 atom stereocenters. The third kappa shape index (κ3) is 7.98. The van der Waals surface area contributed by atoms with Crippen molar-refractivity contribution in [2.45, 2.75) is 19.8 Å². The number of hydrogen-bond acceptors (Lipinski definition) is 4. The first kappa shape index (κ1) is 19.2. The fraction of sp³-hybridized carbons (Fsp3) is 0.263. The predicted molar refractivity (Wildman–Crippen MR) is 94.1 cm³/mol. The molecule has 0 spiro atoms. The van der Waals surface area contributed by atoms with Crippen LogP contribution in [0.15, 0.2) is 54.6 Å². The van der Waals surface area contributed by atoms with Crippen LogP contribution in [0.1, 0.15) is 18.9 Å². The lowest BCUT2D eigenvalue weighted by molar-refractivity contribution is -0.143. The molecule has 0 aliphatic heterocycles. The lowest BCUT2D eigenvalue weighted by Gasteiger charge is -2.03. The van der Waals surface area contributed by atoms with Gasteiger partial charge in [-0.25, -0.2) is 0 Å². The number of anilines is 1. The highest BCUT2D eigenvalue weighted by Crippen LogP contribution is 2.10. The largest absolute Gasteiger partial charge is 0.497 e. The lowest BCUT2D eigenvalue weighted by atomic mass is 10.1. The predicted octanol–water partition coefficient (Wildman–Crippen LogP) is 3.45. The molecule has 1 amide bonds. The van der Waals surface area contributed by atoms with E-state index in [1.165, 1.54) is 0 Å². The van der Waals surface area contributed by atoms with Gasteiger partial charge in [0.2, 0.25) is 6.41 Å². The zero-order chi connectivity index (χ0) is 17.6. The number of hydrogen-bond donors (Lipinski definition) is 1. The summed E-state index contributed by atoms with van der Waals surface area (Å²) in [5.41, 5.74) is 1.79. The fourth-order valence-electron chi connectivity index (χ4n) is 1.87. The zero-order valence-electron chi connectivity index (χ0n) is 14.0. The molecule has 0 unspecified atom stereocenters. The van der Waals surface area contributed by atoms with Gasteiger partial charge in [0.05, 0.1) is 13.7 Å². The summed E-state index contributed by atoms with van der Waals surface area (Å²) in [7, 11) is 1.66. The fourth-order valence-corrected chi connectivity index (χ4v) is 1.87. The van der Waals surface area contributed by atoms with Crippen molar-refractivity contribution in [3.05, 3.63) is 60.2 Å². The van der Waals surface area contributed by atoms with Crippen molar-refractivity contribution in [3.63, 3.8) is 0 Å². The Kier molecular flexibility index (Phi) is 9.38. The molecule has 24 heavy (non-hydrogen) atoms. The summed E-state index contributed by atoms with van der Waals surface area (Å²) in [5, 5.41) is 2.55. The Hall–Kier alpha value is -2.82. The second kappa shape index (κ2) is 11.7. The molecule has 0 aliphatic carbocycles. The van der Waals surface area contributed by atoms with E-state index in [0.717, 1.165) is 17.0 Å². The van der Waals surface area contributed by atoms with Gasteiger partial charge in [0.15, 0.2) is 0 Å². The van der Waals surface area contributed by atoms with E-state index in [0.29, 0.717) is 25.9 Å². The molecule has 0 radical (unpaired) electrons. The molecule has 2 rings (SSSR count). The molecule has 5 nitrogen and oxygen atoms in total. The molecule has 0 aromatic heterocycles. The van der Waals surface area contributed by atoms with Gasteiger partial charge in [-0.15, -0.1) is 0 Å². The topological polar surface area (TPSA) is 64.6 Å². The van der Waals surface area contributed by atoms with Gasteiger partial charge < -0.3 is 14.8 Å². The number of methoxy groups -OCH3 is 1. The van der Waals surface area contributed by atoms with Gasteiger partial charge in [-0.3, -0.25) is 9.59 Å². The van der Waals surface area contributed by atoms with Crippen molar-refractivity contribution in [3.8, 4) is 5.75 Å². The van der Waals surface area contributed by atoms with Crippen molar-refractivity contribution in [1.82, 2.24) is 0 Å². The third-order valence-corrected chi connectivity index (χ3v) is 3.08. The van der Waals surface area contributed by atoms with Gasteiger partial charge >= 0.3 is 5.97 Å². The smallest absolute Gasteiger partial charge is 0.306 e. The Labute approximate surface area is 142 Å². The molecule has 128 valence electrons. The van der Waals surface area contributed by atoms with Crippen molar-refractivity contribution in [2.24, 2.45) is 0 Å². The summed E-state index contributed by atoms with van der Waals surface area (Å²) in [6.07, 6.45) is 1.67. The van der Waals surface area contributed by atoms with E-state index in [2.05, 4.69) is 5.32 Å². The second-order valence-corrected chi connectivity index (χ2v) is 4.78. The van der Waals surface area contributed by atoms with Gasteiger partial charge in [-0.05, 0) is 43.2 Å². The lowest BCUT2D eigenvalue weighted by Crippen LogP contribution is -2.05. The quantitative estimate of drug-likeness (QED) is 0.624. The number of nitrogens with one attached hydrogen (secondary N) is 1. The van der Waals surface area contributed by atoms with Crippen LogP contribution in [0.5, 0.6) is 5.75 Å². The van der Waals surface area contributed by atoms with E-state index in [1.54, 1.807) is 26.2 Å². The molecular formula is C19H23NO4. The van der Waals surface area contributed by atoms with Gasteiger partial charge in [-0.2, -0.15) is 0 Å². The van der Waals surface area contributed by atoms with Crippen LogP contribution < -0.4 is 10.1 Å². The van der Waals surface area contributed by atoms with Crippen LogP contribution in [0, 0.1) is 0 Å². The van der Waals surface area contributed by atoms with Crippen LogP contribution in [0.4, 0.5) is 5.69 Å². The van der Waals surface area contributed by atoms with E-state index in [1.807, 2.05) is 42.5 Å². The first-order valence-electron chi connectivity index (χ1n) is 7.73. The minimum Gasteiger partial charge on any atom is -0.497 e. The number of carbonyl (C=O) groups is 2. The van der Waals surface area contributed by atoms with Crippen molar-refractivity contribution in [2.75, 3.05) is 19.0 Å². The first-order chi connectivity index (χ1) is 11.7. The van der Waals surface area contributed by atoms with E-state index < -0.39 is 0 Å². The molecule has 0 saturated heterocycles. The van der Waals surface area contributed by atoms with Crippen LogP contribution in [0.2, 0.25) is 0 Å². The minimum atomic E-state index is -0.183. The van der Waals surface area contributed by atoms with E-state index in [-0.39, 0.29) is 5.97 Å². The van der Waals surface area contributed by atoms with Gasteiger partial charge in [0.25, 0.3) is 0 Å². The van der Waals surface area contributed by atoms with Crippen molar-refractivity contribution < 1.29 is 19.1 Å². The van der Waals surface area contributed by atoms with Crippen LogP contribution in [-0.4, -0.2) is 26.1 Å². The van der Waals surface area contributed by atoms with Crippen LogP contribution in [-0.2, 0) is 20.7 Å². The zero-order valence-corrected chi connectivity index (χ0v) is 14.0. The Morgan fingerprint density at radius 3 is 2.25 bits per heavy atom. The molecule has 0 heterocycles. The first-order valence-corrected chi connectivity index (χ1v) is 7.73. The highest BCUT2D eigenvalue weighted by molar-refractivity contribution is 5.71. The van der Waals surface area contributed by atoms with Gasteiger partial charge in [0, 0.05) is 12.1 Å². The summed E-state index contributed by atoms with van der Waals surface area (Å²) in [6.45, 7) is 2.21. The molecule has 0 bridgehead atoms. The normalized spacial score (nSPS) is 9.25. The maximum absolute atomic E-state index is 11.1. The summed E-state index contributed by atoms with van der Waals surface area (Å²) >= 11 is 0. The van der Waals surface area contributed by atoms with E-state index in [4.69, 9.17) is 9.47 Å². The Morgan fingerprint density at radius 2 is 1.75 bits per heavy atom. The van der Waals surface area contributed by atoms with Crippen molar-refractivity contribution >= 4 is 18.1 Å². The number of aryl methyl sites for hydroxylation is 1. The van der Waals surface area contributed by atoms with E-state index in [9.17, 15) is 9.59 Å². The molecule has 5 heteroatoms. The SMILES string of the molecule is CCOC(=O)CCc1ccc(NC=O)cc1.COc1ccccc1. The Balaban J connectivity index is 0.000000300. The monoisotopic (exact) mass is 329 g/mol. The second-order valence-electron chi connectivity index (χ2n) is 4.78. The number of para-hydroxylation sites is 1. The minimum absolute atomic E-state index is 0.183.